The molecule has 156 valence electrons. The third kappa shape index (κ3) is 4.74. The number of aromatic nitrogens is 2. The monoisotopic (exact) mass is 423 g/mol. The van der Waals surface area contributed by atoms with Crippen LogP contribution in [-0.4, -0.2) is 33.4 Å². The summed E-state index contributed by atoms with van der Waals surface area (Å²) in [4.78, 5) is 30.5. The zero-order chi connectivity index (χ0) is 20.9. The second-order valence-corrected chi connectivity index (χ2v) is 8.73. The topological polar surface area (TPSA) is 73.2 Å². The van der Waals surface area contributed by atoms with Crippen LogP contribution in [0.2, 0.25) is 0 Å². The van der Waals surface area contributed by atoms with Crippen LogP contribution < -0.4 is 10.9 Å². The van der Waals surface area contributed by atoms with Gasteiger partial charge in [0.25, 0.3) is 5.56 Å². The molecular weight excluding hydrogens is 398 g/mol. The van der Waals surface area contributed by atoms with E-state index in [4.69, 9.17) is 9.72 Å². The van der Waals surface area contributed by atoms with E-state index in [-0.39, 0.29) is 17.6 Å². The maximum Gasteiger partial charge on any atom is 0.262 e. The fraction of sp³-hybridized carbons (Fsp3) is 0.348. The van der Waals surface area contributed by atoms with Gasteiger partial charge in [-0.15, -0.1) is 0 Å². The molecule has 2 aromatic carbocycles. The third-order valence-corrected chi connectivity index (χ3v) is 6.29. The van der Waals surface area contributed by atoms with Gasteiger partial charge in [-0.1, -0.05) is 54.2 Å². The van der Waals surface area contributed by atoms with E-state index in [0.29, 0.717) is 29.1 Å². The zero-order valence-electron chi connectivity index (χ0n) is 16.9. The van der Waals surface area contributed by atoms with Crippen molar-refractivity contribution in [3.63, 3.8) is 0 Å². The Labute approximate surface area is 179 Å². The largest absolute Gasteiger partial charge is 0.376 e. The van der Waals surface area contributed by atoms with Gasteiger partial charge in [0.05, 0.1) is 28.8 Å². The summed E-state index contributed by atoms with van der Waals surface area (Å²) in [6, 6.07) is 17.1. The highest BCUT2D eigenvalue weighted by atomic mass is 32.2. The summed E-state index contributed by atoms with van der Waals surface area (Å²) in [6.07, 6.45) is 1.93. The lowest BCUT2D eigenvalue weighted by Gasteiger charge is -2.18. The lowest BCUT2D eigenvalue weighted by atomic mass is 10.2. The molecule has 0 aliphatic carbocycles. The number of rotatable bonds is 7. The molecular formula is C23H25N3O3S. The van der Waals surface area contributed by atoms with Gasteiger partial charge < -0.3 is 10.1 Å². The van der Waals surface area contributed by atoms with E-state index in [1.54, 1.807) is 10.6 Å². The Bertz CT molecular complexity index is 1080. The Balaban J connectivity index is 1.55. The average Bonchev–Trinajstić information content (AvgIpc) is 3.28. The molecule has 1 saturated heterocycles. The maximum atomic E-state index is 13.2. The van der Waals surface area contributed by atoms with Crippen molar-refractivity contribution in [1.29, 1.82) is 0 Å². The molecule has 6 nitrogen and oxygen atoms in total. The SMILES string of the molecule is C[C@H](Sc1nc2ccccc2c(=O)n1C[C@H]1CCCO1)C(=O)NCc1ccccc1. The van der Waals surface area contributed by atoms with Crippen molar-refractivity contribution < 1.29 is 9.53 Å². The molecule has 2 atom stereocenters. The molecule has 4 rings (SSSR count). The predicted molar refractivity (Wildman–Crippen MR) is 119 cm³/mol. The first-order chi connectivity index (χ1) is 14.6. The average molecular weight is 424 g/mol. The molecule has 7 heteroatoms. The molecule has 0 radical (unpaired) electrons. The summed E-state index contributed by atoms with van der Waals surface area (Å²) in [7, 11) is 0. The number of amides is 1. The number of carbonyl (C=O) groups excluding carboxylic acids is 1. The van der Waals surface area contributed by atoms with E-state index in [0.717, 1.165) is 25.0 Å². The number of hydrogen-bond acceptors (Lipinski definition) is 5. The van der Waals surface area contributed by atoms with Crippen molar-refractivity contribution in [2.75, 3.05) is 6.61 Å². The molecule has 1 aliphatic heterocycles. The van der Waals surface area contributed by atoms with Gasteiger partial charge in [0.15, 0.2) is 5.16 Å². The van der Waals surface area contributed by atoms with Gasteiger partial charge >= 0.3 is 0 Å². The Morgan fingerprint density at radius 1 is 1.23 bits per heavy atom. The van der Waals surface area contributed by atoms with Gasteiger partial charge in [0, 0.05) is 13.2 Å². The van der Waals surface area contributed by atoms with Gasteiger partial charge in [-0.05, 0) is 37.5 Å². The van der Waals surface area contributed by atoms with E-state index < -0.39 is 5.25 Å². The van der Waals surface area contributed by atoms with Gasteiger partial charge in [0.2, 0.25) is 5.91 Å². The van der Waals surface area contributed by atoms with E-state index in [1.807, 2.05) is 55.5 Å². The van der Waals surface area contributed by atoms with Gasteiger partial charge in [-0.25, -0.2) is 4.98 Å². The first-order valence-corrected chi connectivity index (χ1v) is 11.1. The molecule has 2 heterocycles. The van der Waals surface area contributed by atoms with Crippen LogP contribution in [0.25, 0.3) is 10.9 Å². The number of fused-ring (bicyclic) bond motifs is 1. The quantitative estimate of drug-likeness (QED) is 0.466. The van der Waals surface area contributed by atoms with Crippen LogP contribution in [0.4, 0.5) is 0 Å². The first kappa shape index (κ1) is 20.6. The first-order valence-electron chi connectivity index (χ1n) is 10.2. The molecule has 1 N–H and O–H groups in total. The second kappa shape index (κ2) is 9.45. The number of benzene rings is 2. The minimum atomic E-state index is -0.391. The number of nitrogens with zero attached hydrogens (tertiary/aromatic N) is 2. The highest BCUT2D eigenvalue weighted by Crippen LogP contribution is 2.24. The predicted octanol–water partition coefficient (Wildman–Crippen LogP) is 3.37. The highest BCUT2D eigenvalue weighted by Gasteiger charge is 2.23. The van der Waals surface area contributed by atoms with Gasteiger partial charge in [-0.2, -0.15) is 0 Å². The number of thioether (sulfide) groups is 1. The fourth-order valence-electron chi connectivity index (χ4n) is 3.53. The fourth-order valence-corrected chi connectivity index (χ4v) is 4.47. The van der Waals surface area contributed by atoms with Crippen LogP contribution in [0.3, 0.4) is 0 Å². The molecule has 0 spiro atoms. The van der Waals surface area contributed by atoms with Crippen LogP contribution >= 0.6 is 11.8 Å². The molecule has 1 aromatic heterocycles. The highest BCUT2D eigenvalue weighted by molar-refractivity contribution is 8.00. The maximum absolute atomic E-state index is 13.2. The summed E-state index contributed by atoms with van der Waals surface area (Å²) >= 11 is 1.31. The van der Waals surface area contributed by atoms with Gasteiger partial charge in [-0.3, -0.25) is 14.2 Å². The Kier molecular flexibility index (Phi) is 6.50. The molecule has 0 saturated carbocycles. The smallest absolute Gasteiger partial charge is 0.262 e. The minimum absolute atomic E-state index is 0.00669. The molecule has 1 amide bonds. The van der Waals surface area contributed by atoms with Crippen LogP contribution in [-0.2, 0) is 22.6 Å². The molecule has 0 bridgehead atoms. The summed E-state index contributed by atoms with van der Waals surface area (Å²) in [6.45, 7) is 3.49. The molecule has 30 heavy (non-hydrogen) atoms. The van der Waals surface area contributed by atoms with Crippen molar-refractivity contribution >= 4 is 28.6 Å². The summed E-state index contributed by atoms with van der Waals surface area (Å²) in [5.74, 6) is -0.0880. The van der Waals surface area contributed by atoms with Crippen molar-refractivity contribution in [2.24, 2.45) is 0 Å². The van der Waals surface area contributed by atoms with Crippen LogP contribution in [0, 0.1) is 0 Å². The lowest BCUT2D eigenvalue weighted by Crippen LogP contribution is -2.33. The van der Waals surface area contributed by atoms with Crippen LogP contribution in [0.1, 0.15) is 25.3 Å². The van der Waals surface area contributed by atoms with E-state index in [9.17, 15) is 9.59 Å². The zero-order valence-corrected chi connectivity index (χ0v) is 17.7. The number of hydrogen-bond donors (Lipinski definition) is 1. The summed E-state index contributed by atoms with van der Waals surface area (Å²) in [5, 5.41) is 3.71. The Hall–Kier alpha value is -2.64. The standard InChI is InChI=1S/C23H25N3O3S/c1-16(21(27)24-14-17-8-3-2-4-9-17)30-23-25-20-12-6-5-11-19(20)22(28)26(23)15-18-10-7-13-29-18/h2-6,8-9,11-12,16,18H,7,10,13-15H2,1H3,(H,24,27)/t16-,18+/m0/s1. The summed E-state index contributed by atoms with van der Waals surface area (Å²) in [5.41, 5.74) is 1.60. The molecule has 1 aliphatic rings. The number of ether oxygens (including phenoxy) is 1. The van der Waals surface area contributed by atoms with Crippen LogP contribution in [0.15, 0.2) is 64.5 Å². The van der Waals surface area contributed by atoms with Crippen molar-refractivity contribution in [2.45, 2.75) is 49.4 Å². The molecule has 3 aromatic rings. The van der Waals surface area contributed by atoms with E-state index in [1.165, 1.54) is 11.8 Å². The minimum Gasteiger partial charge on any atom is -0.376 e. The van der Waals surface area contributed by atoms with Crippen molar-refractivity contribution in [3.8, 4) is 0 Å². The number of nitrogens with one attached hydrogen (secondary N) is 1. The van der Waals surface area contributed by atoms with Crippen molar-refractivity contribution in [3.05, 3.63) is 70.5 Å². The van der Waals surface area contributed by atoms with Gasteiger partial charge in [0.1, 0.15) is 0 Å². The normalized spacial score (nSPS) is 17.2. The third-order valence-electron chi connectivity index (χ3n) is 5.20. The number of carbonyl (C=O) groups is 1. The van der Waals surface area contributed by atoms with E-state index in [2.05, 4.69) is 5.32 Å². The Morgan fingerprint density at radius 2 is 2.00 bits per heavy atom. The molecule has 0 unspecified atom stereocenters. The van der Waals surface area contributed by atoms with Crippen molar-refractivity contribution in [1.82, 2.24) is 14.9 Å². The van der Waals surface area contributed by atoms with Crippen LogP contribution in [0.5, 0.6) is 0 Å². The Morgan fingerprint density at radius 3 is 2.77 bits per heavy atom. The van der Waals surface area contributed by atoms with E-state index >= 15 is 0 Å². The molecule has 1 fully saturated rings. The number of para-hydroxylation sites is 1. The second-order valence-electron chi connectivity index (χ2n) is 7.43. The summed E-state index contributed by atoms with van der Waals surface area (Å²) < 4.78 is 7.41. The lowest BCUT2D eigenvalue weighted by molar-refractivity contribution is -0.120.